The van der Waals surface area contributed by atoms with E-state index < -0.39 is 26.6 Å². The van der Waals surface area contributed by atoms with Crippen molar-refractivity contribution in [3.63, 3.8) is 0 Å². The van der Waals surface area contributed by atoms with Gasteiger partial charge in [-0.3, -0.25) is 4.52 Å². The number of rotatable bonds is 15. The zero-order valence-electron chi connectivity index (χ0n) is 19.7. The first-order valence-electron chi connectivity index (χ1n) is 11.7. The Morgan fingerprint density at radius 1 is 0.971 bits per heavy atom. The minimum Gasteiger partial charge on any atom is -0.493 e. The third-order valence-corrected chi connectivity index (χ3v) is 6.30. The Labute approximate surface area is 205 Å². The van der Waals surface area contributed by atoms with E-state index in [4.69, 9.17) is 24.7 Å². The first kappa shape index (κ1) is 27.1. The van der Waals surface area contributed by atoms with Crippen LogP contribution in [-0.2, 0) is 21.9 Å². The van der Waals surface area contributed by atoms with Gasteiger partial charge in [-0.25, -0.2) is 4.57 Å². The van der Waals surface area contributed by atoms with Gasteiger partial charge in [0.15, 0.2) is 0 Å². The van der Waals surface area contributed by atoms with Gasteiger partial charge in [-0.15, -0.1) is 0 Å². The second-order valence-corrected chi connectivity index (χ2v) is 10.0. The van der Waals surface area contributed by atoms with Gasteiger partial charge in [0, 0.05) is 11.1 Å². The van der Waals surface area contributed by atoms with Crippen LogP contribution < -0.4 is 10.5 Å². The average molecular weight is 504 g/mol. The molecule has 3 rings (SSSR count). The minimum absolute atomic E-state index is 0.274. The molecule has 8 nitrogen and oxygen atoms in total. The van der Waals surface area contributed by atoms with Crippen LogP contribution in [0.1, 0.15) is 36.8 Å². The number of aryl methyl sites for hydroxylation is 2. The first-order valence-corrected chi connectivity index (χ1v) is 13.2. The quantitative estimate of drug-likeness (QED) is 0.176. The first-order chi connectivity index (χ1) is 16.8. The van der Waals surface area contributed by atoms with Gasteiger partial charge in [0.2, 0.25) is 0 Å². The molecule has 0 aliphatic heterocycles. The Kier molecular flexibility index (Phi) is 10.1. The van der Waals surface area contributed by atoms with Gasteiger partial charge in [-0.2, -0.15) is 0 Å². The molecule has 0 spiro atoms. The lowest BCUT2D eigenvalue weighted by atomic mass is 9.93. The standard InChI is InChI=1S/C26H34NO7P/c27-26(19-28,20-34-35(29,30)31)14-12-22-10-11-25(24(17-22)23-13-16-32-18-23)33-15-6-2-5-9-21-7-3-1-4-8-21/h1,3-4,7-8,10-11,13,16-18,28H,2,5-6,9,12,14-15,19-20,27H2,(H2,29,30,31). The van der Waals surface area contributed by atoms with Gasteiger partial charge in [0.25, 0.3) is 0 Å². The molecule has 1 heterocycles. The molecule has 0 saturated carbocycles. The van der Waals surface area contributed by atoms with E-state index in [2.05, 4.69) is 28.8 Å². The molecule has 0 bridgehead atoms. The number of aliphatic hydroxyl groups is 1. The number of phosphoric acid groups is 1. The van der Waals surface area contributed by atoms with Crippen LogP contribution in [0.15, 0.2) is 71.5 Å². The minimum atomic E-state index is -4.67. The summed E-state index contributed by atoms with van der Waals surface area (Å²) in [6.45, 7) is -0.310. The van der Waals surface area contributed by atoms with Gasteiger partial charge in [-0.1, -0.05) is 36.4 Å². The fourth-order valence-electron chi connectivity index (χ4n) is 3.74. The van der Waals surface area contributed by atoms with Gasteiger partial charge >= 0.3 is 7.82 Å². The number of nitrogens with two attached hydrogens (primary N) is 1. The lowest BCUT2D eigenvalue weighted by molar-refractivity contribution is 0.102. The Morgan fingerprint density at radius 2 is 1.77 bits per heavy atom. The van der Waals surface area contributed by atoms with Crippen molar-refractivity contribution in [1.82, 2.24) is 0 Å². The Morgan fingerprint density at radius 3 is 2.46 bits per heavy atom. The number of benzene rings is 2. The fourth-order valence-corrected chi connectivity index (χ4v) is 4.16. The van der Waals surface area contributed by atoms with Gasteiger partial charge in [-0.05, 0) is 67.9 Å². The van der Waals surface area contributed by atoms with Crippen molar-refractivity contribution in [3.05, 3.63) is 78.3 Å². The smallest absolute Gasteiger partial charge is 0.469 e. The molecule has 1 unspecified atom stereocenters. The van der Waals surface area contributed by atoms with Crippen LogP contribution in [0.5, 0.6) is 5.75 Å². The SMILES string of the molecule is NC(CO)(CCc1ccc(OCCCCCc2ccccc2)c(-c2ccoc2)c1)COP(=O)(O)O. The van der Waals surface area contributed by atoms with E-state index in [9.17, 15) is 9.67 Å². The number of hydrogen-bond donors (Lipinski definition) is 4. The summed E-state index contributed by atoms with van der Waals surface area (Å²) in [4.78, 5) is 17.9. The summed E-state index contributed by atoms with van der Waals surface area (Å²) in [6.07, 6.45) is 8.20. The van der Waals surface area contributed by atoms with Crippen molar-refractivity contribution in [2.45, 2.75) is 44.1 Å². The molecule has 0 aliphatic carbocycles. The highest BCUT2D eigenvalue weighted by molar-refractivity contribution is 7.46. The molecule has 0 fully saturated rings. The highest BCUT2D eigenvalue weighted by atomic mass is 31.2. The Balaban J connectivity index is 1.56. The van der Waals surface area contributed by atoms with Crippen LogP contribution in [0, 0.1) is 0 Å². The number of furan rings is 1. The summed E-state index contributed by atoms with van der Waals surface area (Å²) >= 11 is 0. The van der Waals surface area contributed by atoms with E-state index in [1.165, 1.54) is 5.56 Å². The van der Waals surface area contributed by atoms with Crippen molar-refractivity contribution < 1.29 is 33.1 Å². The van der Waals surface area contributed by atoms with E-state index in [1.807, 2.05) is 30.3 Å². The summed E-state index contributed by atoms with van der Waals surface area (Å²) in [7, 11) is -4.67. The fraction of sp³-hybridized carbons (Fsp3) is 0.385. The number of ether oxygens (including phenoxy) is 1. The average Bonchev–Trinajstić information content (AvgIpc) is 3.39. The molecular weight excluding hydrogens is 469 g/mol. The molecule has 190 valence electrons. The third kappa shape index (κ3) is 9.26. The second-order valence-electron chi connectivity index (χ2n) is 8.77. The predicted octanol–water partition coefficient (Wildman–Crippen LogP) is 4.47. The number of aliphatic hydroxyl groups excluding tert-OH is 1. The van der Waals surface area contributed by atoms with Crippen LogP contribution in [0.2, 0.25) is 0 Å². The molecule has 3 aromatic rings. The highest BCUT2D eigenvalue weighted by Gasteiger charge is 2.28. The summed E-state index contributed by atoms with van der Waals surface area (Å²) in [6, 6.07) is 18.1. The zero-order chi connectivity index (χ0) is 25.2. The summed E-state index contributed by atoms with van der Waals surface area (Å²) in [5.41, 5.74) is 8.89. The van der Waals surface area contributed by atoms with Gasteiger partial charge < -0.3 is 29.8 Å². The van der Waals surface area contributed by atoms with Gasteiger partial charge in [0.05, 0.1) is 37.9 Å². The molecule has 0 saturated heterocycles. The van der Waals surface area contributed by atoms with Crippen LogP contribution in [-0.4, -0.2) is 40.3 Å². The third-order valence-electron chi connectivity index (χ3n) is 5.83. The second kappa shape index (κ2) is 13.0. The normalized spacial score (nSPS) is 13.5. The van der Waals surface area contributed by atoms with Gasteiger partial charge in [0.1, 0.15) is 5.75 Å². The van der Waals surface area contributed by atoms with E-state index in [1.54, 1.807) is 12.5 Å². The van der Waals surface area contributed by atoms with E-state index >= 15 is 0 Å². The molecule has 1 atom stereocenters. The molecule has 5 N–H and O–H groups in total. The Bertz CT molecular complexity index is 1070. The van der Waals surface area contributed by atoms with E-state index in [-0.39, 0.29) is 6.42 Å². The predicted molar refractivity (Wildman–Crippen MR) is 134 cm³/mol. The van der Waals surface area contributed by atoms with Crippen LogP contribution in [0.3, 0.4) is 0 Å². The van der Waals surface area contributed by atoms with Crippen LogP contribution in [0.4, 0.5) is 0 Å². The molecule has 1 aromatic heterocycles. The summed E-state index contributed by atoms with van der Waals surface area (Å²) < 4.78 is 26.9. The maximum absolute atomic E-state index is 11.0. The van der Waals surface area contributed by atoms with Crippen molar-refractivity contribution in [1.29, 1.82) is 0 Å². The van der Waals surface area contributed by atoms with E-state index in [0.717, 1.165) is 48.1 Å². The van der Waals surface area contributed by atoms with Crippen LogP contribution in [0.25, 0.3) is 11.1 Å². The number of hydrogen-bond acceptors (Lipinski definition) is 6. The van der Waals surface area contributed by atoms with Crippen molar-refractivity contribution in [3.8, 4) is 16.9 Å². The van der Waals surface area contributed by atoms with Crippen molar-refractivity contribution >= 4 is 7.82 Å². The van der Waals surface area contributed by atoms with Crippen molar-refractivity contribution in [2.75, 3.05) is 19.8 Å². The molecule has 35 heavy (non-hydrogen) atoms. The zero-order valence-corrected chi connectivity index (χ0v) is 20.6. The Hall–Kier alpha value is -2.45. The molecular formula is C26H34NO7P. The molecule has 0 aliphatic rings. The maximum Gasteiger partial charge on any atom is 0.469 e. The topological polar surface area (TPSA) is 135 Å². The summed E-state index contributed by atoms with van der Waals surface area (Å²) in [5.74, 6) is 0.754. The lowest BCUT2D eigenvalue weighted by Gasteiger charge is -2.27. The maximum atomic E-state index is 11.0. The van der Waals surface area contributed by atoms with E-state index in [0.29, 0.717) is 13.0 Å². The molecule has 9 heteroatoms. The van der Waals surface area contributed by atoms with Crippen molar-refractivity contribution in [2.24, 2.45) is 5.73 Å². The molecule has 0 radical (unpaired) electrons. The number of phosphoric ester groups is 1. The molecule has 0 amide bonds. The monoisotopic (exact) mass is 503 g/mol. The number of unbranched alkanes of at least 4 members (excludes halogenated alkanes) is 2. The highest BCUT2D eigenvalue weighted by Crippen LogP contribution is 2.37. The lowest BCUT2D eigenvalue weighted by Crippen LogP contribution is -2.48. The summed E-state index contributed by atoms with van der Waals surface area (Å²) in [5, 5.41) is 9.64. The van der Waals surface area contributed by atoms with Crippen LogP contribution >= 0.6 is 7.82 Å². The largest absolute Gasteiger partial charge is 0.493 e. The molecule has 2 aromatic carbocycles.